The van der Waals surface area contributed by atoms with E-state index >= 15 is 0 Å². The van der Waals surface area contributed by atoms with Crippen molar-refractivity contribution in [2.45, 2.75) is 46.0 Å². The van der Waals surface area contributed by atoms with Gasteiger partial charge in [-0.05, 0) is 31.6 Å². The largest absolute Gasteiger partial charge is 0.356 e. The summed E-state index contributed by atoms with van der Waals surface area (Å²) in [5.41, 5.74) is 1.18. The molecule has 0 saturated heterocycles. The zero-order valence-electron chi connectivity index (χ0n) is 14.8. The molecule has 6 heteroatoms. The number of guanidine groups is 1. The quantitative estimate of drug-likeness (QED) is 0.420. The van der Waals surface area contributed by atoms with E-state index in [9.17, 15) is 0 Å². The van der Waals surface area contributed by atoms with E-state index in [1.807, 2.05) is 7.05 Å². The zero-order valence-corrected chi connectivity index (χ0v) is 18.0. The van der Waals surface area contributed by atoms with Crippen LogP contribution in [-0.2, 0) is 6.42 Å². The number of aromatic nitrogens is 1. The molecule has 132 valence electrons. The van der Waals surface area contributed by atoms with E-state index in [0.29, 0.717) is 0 Å². The molecule has 1 fully saturated rings. The standard InChI is InChI=1S/C17H30N4S.HI/c1-13-5-7-15(8-6-13)11-21(4)17(18-3)19-10-9-16-12-22-14(2)20-16;/h12-13,15H,5-11H2,1-4H3,(H,18,19);1H. The van der Waals surface area contributed by atoms with Crippen molar-refractivity contribution in [1.29, 1.82) is 0 Å². The van der Waals surface area contributed by atoms with Gasteiger partial charge in [0.15, 0.2) is 5.96 Å². The van der Waals surface area contributed by atoms with E-state index in [0.717, 1.165) is 42.3 Å². The van der Waals surface area contributed by atoms with Crippen LogP contribution in [0.5, 0.6) is 0 Å². The van der Waals surface area contributed by atoms with Crippen LogP contribution in [0.3, 0.4) is 0 Å². The van der Waals surface area contributed by atoms with Crippen LogP contribution in [0.1, 0.15) is 43.3 Å². The molecule has 2 rings (SSSR count). The molecule has 1 aromatic heterocycles. The molecular weight excluding hydrogens is 419 g/mol. The predicted molar refractivity (Wildman–Crippen MR) is 111 cm³/mol. The minimum absolute atomic E-state index is 0. The molecule has 0 amide bonds. The van der Waals surface area contributed by atoms with Gasteiger partial charge in [0, 0.05) is 39.0 Å². The Balaban J connectivity index is 0.00000264. The van der Waals surface area contributed by atoms with Crippen molar-refractivity contribution in [3.8, 4) is 0 Å². The Hall–Kier alpha value is -0.370. The fourth-order valence-electron chi connectivity index (χ4n) is 3.20. The Bertz CT molecular complexity index is 481. The van der Waals surface area contributed by atoms with Crippen LogP contribution in [0, 0.1) is 18.8 Å². The summed E-state index contributed by atoms with van der Waals surface area (Å²) < 4.78 is 0. The van der Waals surface area contributed by atoms with Gasteiger partial charge in [0.05, 0.1) is 10.7 Å². The van der Waals surface area contributed by atoms with Crippen LogP contribution < -0.4 is 5.32 Å². The molecule has 0 aliphatic heterocycles. The van der Waals surface area contributed by atoms with E-state index in [4.69, 9.17) is 0 Å². The Morgan fingerprint density at radius 3 is 2.65 bits per heavy atom. The van der Waals surface area contributed by atoms with Crippen molar-refractivity contribution in [2.75, 3.05) is 27.2 Å². The first-order chi connectivity index (χ1) is 10.6. The van der Waals surface area contributed by atoms with Crippen LogP contribution in [0.2, 0.25) is 0 Å². The first kappa shape index (κ1) is 20.7. The van der Waals surface area contributed by atoms with Gasteiger partial charge in [-0.3, -0.25) is 4.99 Å². The Labute approximate surface area is 162 Å². The van der Waals surface area contributed by atoms with Gasteiger partial charge in [0.2, 0.25) is 0 Å². The summed E-state index contributed by atoms with van der Waals surface area (Å²) in [6, 6.07) is 0. The predicted octanol–water partition coefficient (Wildman–Crippen LogP) is 3.95. The van der Waals surface area contributed by atoms with Crippen molar-refractivity contribution < 1.29 is 0 Å². The Kier molecular flexibility index (Phi) is 9.43. The molecule has 23 heavy (non-hydrogen) atoms. The molecule has 0 spiro atoms. The molecule has 0 radical (unpaired) electrons. The third-order valence-corrected chi connectivity index (χ3v) is 5.39. The summed E-state index contributed by atoms with van der Waals surface area (Å²) in [5, 5.41) is 6.75. The molecule has 1 saturated carbocycles. The van der Waals surface area contributed by atoms with Crippen LogP contribution in [0.15, 0.2) is 10.4 Å². The normalized spacial score (nSPS) is 21.7. The number of thiazole rings is 1. The number of hydrogen-bond acceptors (Lipinski definition) is 3. The lowest BCUT2D eigenvalue weighted by atomic mass is 9.83. The van der Waals surface area contributed by atoms with E-state index in [2.05, 4.69) is 46.5 Å². The monoisotopic (exact) mass is 450 g/mol. The van der Waals surface area contributed by atoms with E-state index < -0.39 is 0 Å². The van der Waals surface area contributed by atoms with Crippen molar-refractivity contribution in [2.24, 2.45) is 16.8 Å². The molecule has 1 aromatic rings. The maximum absolute atomic E-state index is 4.50. The number of nitrogens with zero attached hydrogens (tertiary/aromatic N) is 3. The van der Waals surface area contributed by atoms with Gasteiger partial charge in [0.1, 0.15) is 0 Å². The minimum Gasteiger partial charge on any atom is -0.356 e. The summed E-state index contributed by atoms with van der Waals surface area (Å²) in [6.45, 7) is 6.43. The van der Waals surface area contributed by atoms with Crippen LogP contribution in [0.25, 0.3) is 0 Å². The minimum atomic E-state index is 0. The molecule has 4 nitrogen and oxygen atoms in total. The van der Waals surface area contributed by atoms with Gasteiger partial charge >= 0.3 is 0 Å². The maximum atomic E-state index is 4.50. The molecule has 1 N–H and O–H groups in total. The second kappa shape index (κ2) is 10.5. The van der Waals surface area contributed by atoms with Crippen molar-refractivity contribution >= 4 is 41.3 Å². The Morgan fingerprint density at radius 2 is 2.09 bits per heavy atom. The average molecular weight is 450 g/mol. The molecule has 0 bridgehead atoms. The highest BCUT2D eigenvalue weighted by Gasteiger charge is 2.20. The third-order valence-electron chi connectivity index (χ3n) is 4.57. The van der Waals surface area contributed by atoms with Gasteiger partial charge in [0.25, 0.3) is 0 Å². The molecule has 1 aliphatic rings. The summed E-state index contributed by atoms with van der Waals surface area (Å²) >= 11 is 1.72. The SMILES string of the molecule is CN=C(NCCc1csc(C)n1)N(C)CC1CCC(C)CC1.I. The second-order valence-electron chi connectivity index (χ2n) is 6.59. The third kappa shape index (κ3) is 6.95. The lowest BCUT2D eigenvalue weighted by Gasteiger charge is -2.31. The highest BCUT2D eigenvalue weighted by atomic mass is 127. The molecule has 1 aliphatic carbocycles. The average Bonchev–Trinajstić information content (AvgIpc) is 2.91. The van der Waals surface area contributed by atoms with E-state index in [1.165, 1.54) is 31.4 Å². The second-order valence-corrected chi connectivity index (χ2v) is 7.65. The Morgan fingerprint density at radius 1 is 1.39 bits per heavy atom. The van der Waals surface area contributed by atoms with Crippen molar-refractivity contribution in [3.05, 3.63) is 16.1 Å². The summed E-state index contributed by atoms with van der Waals surface area (Å²) in [4.78, 5) is 11.2. The van der Waals surface area contributed by atoms with Crippen LogP contribution in [-0.4, -0.2) is 43.0 Å². The number of nitrogens with one attached hydrogen (secondary N) is 1. The number of hydrogen-bond donors (Lipinski definition) is 1. The van der Waals surface area contributed by atoms with Crippen LogP contribution >= 0.6 is 35.3 Å². The van der Waals surface area contributed by atoms with E-state index in [-0.39, 0.29) is 24.0 Å². The number of aryl methyl sites for hydroxylation is 1. The number of rotatable bonds is 5. The maximum Gasteiger partial charge on any atom is 0.193 e. The molecule has 1 heterocycles. The highest BCUT2D eigenvalue weighted by Crippen LogP contribution is 2.28. The lowest BCUT2D eigenvalue weighted by Crippen LogP contribution is -2.42. The van der Waals surface area contributed by atoms with Gasteiger partial charge in [-0.15, -0.1) is 35.3 Å². The van der Waals surface area contributed by atoms with Gasteiger partial charge < -0.3 is 10.2 Å². The van der Waals surface area contributed by atoms with Crippen molar-refractivity contribution in [3.63, 3.8) is 0 Å². The van der Waals surface area contributed by atoms with Crippen molar-refractivity contribution in [1.82, 2.24) is 15.2 Å². The fraction of sp³-hybridized carbons (Fsp3) is 0.765. The summed E-state index contributed by atoms with van der Waals surface area (Å²) in [7, 11) is 4.02. The molecule has 0 atom stereocenters. The lowest BCUT2D eigenvalue weighted by molar-refractivity contribution is 0.250. The molecule has 0 aromatic carbocycles. The van der Waals surface area contributed by atoms with Gasteiger partial charge in [-0.2, -0.15) is 0 Å². The molecular formula is C17H31IN4S. The highest BCUT2D eigenvalue weighted by molar-refractivity contribution is 14.0. The summed E-state index contributed by atoms with van der Waals surface area (Å²) in [5.74, 6) is 2.74. The number of aliphatic imine (C=N–C) groups is 1. The smallest absolute Gasteiger partial charge is 0.193 e. The first-order valence-electron chi connectivity index (χ1n) is 8.41. The zero-order chi connectivity index (χ0) is 15.9. The first-order valence-corrected chi connectivity index (χ1v) is 9.29. The molecule has 0 unspecified atom stereocenters. The summed E-state index contributed by atoms with van der Waals surface area (Å²) in [6.07, 6.45) is 6.45. The number of halogens is 1. The van der Waals surface area contributed by atoms with Gasteiger partial charge in [-0.1, -0.05) is 19.8 Å². The van der Waals surface area contributed by atoms with Gasteiger partial charge in [-0.25, -0.2) is 4.98 Å². The van der Waals surface area contributed by atoms with Crippen LogP contribution in [0.4, 0.5) is 0 Å². The topological polar surface area (TPSA) is 40.5 Å². The van der Waals surface area contributed by atoms with E-state index in [1.54, 1.807) is 11.3 Å². The fourth-order valence-corrected chi connectivity index (χ4v) is 3.84.